The van der Waals surface area contributed by atoms with Crippen LogP contribution < -0.4 is 0 Å². The van der Waals surface area contributed by atoms with Crippen LogP contribution in [0.2, 0.25) is 0 Å². The number of aryl methyl sites for hydroxylation is 1. The monoisotopic (exact) mass is 329 g/mol. The molecule has 2 aromatic rings. The summed E-state index contributed by atoms with van der Waals surface area (Å²) >= 11 is 3.92. The van der Waals surface area contributed by atoms with Crippen LogP contribution in [0.25, 0.3) is 0 Å². The maximum absolute atomic E-state index is 12.8. The molecule has 1 aromatic heterocycles. The van der Waals surface area contributed by atoms with Crippen molar-refractivity contribution in [3.8, 4) is 0 Å². The lowest BCUT2D eigenvalue weighted by Crippen LogP contribution is -2.11. The minimum Gasteiger partial charge on any atom is -0.364 e. The van der Waals surface area contributed by atoms with Gasteiger partial charge in [-0.3, -0.25) is 4.79 Å². The van der Waals surface area contributed by atoms with Crippen LogP contribution in [0.1, 0.15) is 46.1 Å². The van der Waals surface area contributed by atoms with Gasteiger partial charge >= 0.3 is 6.18 Å². The molecule has 0 radical (unpaired) electrons. The molecule has 118 valence electrons. The molecule has 22 heavy (non-hydrogen) atoms. The van der Waals surface area contributed by atoms with Crippen molar-refractivity contribution in [2.45, 2.75) is 37.8 Å². The van der Waals surface area contributed by atoms with Crippen molar-refractivity contribution in [3.05, 3.63) is 46.3 Å². The highest BCUT2D eigenvalue weighted by Gasteiger charge is 2.34. The Morgan fingerprint density at radius 2 is 2.00 bits per heavy atom. The van der Waals surface area contributed by atoms with Crippen molar-refractivity contribution < 1.29 is 22.5 Å². The lowest BCUT2D eigenvalue weighted by Gasteiger charge is -2.14. The number of rotatable bonds is 4. The normalized spacial score (nSPS) is 11.7. The Morgan fingerprint density at radius 1 is 1.32 bits per heavy atom. The van der Waals surface area contributed by atoms with E-state index >= 15 is 0 Å². The second-order valence-electron chi connectivity index (χ2n) is 4.89. The number of alkyl halides is 3. The molecule has 1 aromatic carbocycles. The number of benzene rings is 1. The number of carbonyl (C=O) groups is 1. The number of thiol groups is 1. The van der Waals surface area contributed by atoms with Gasteiger partial charge in [-0.15, -0.1) is 12.6 Å². The average molecular weight is 329 g/mol. The van der Waals surface area contributed by atoms with Gasteiger partial charge in [0, 0.05) is 10.5 Å². The van der Waals surface area contributed by atoms with Gasteiger partial charge in [-0.2, -0.15) is 13.2 Å². The number of hydrogen-bond acceptors (Lipinski definition) is 4. The van der Waals surface area contributed by atoms with Gasteiger partial charge in [0.15, 0.2) is 5.78 Å². The van der Waals surface area contributed by atoms with Crippen LogP contribution in [0.3, 0.4) is 0 Å². The number of carbonyl (C=O) groups excluding carboxylic acids is 1. The Kier molecular flexibility index (Phi) is 4.65. The number of ketones is 1. The van der Waals surface area contributed by atoms with E-state index in [0.29, 0.717) is 12.1 Å². The van der Waals surface area contributed by atoms with Crippen LogP contribution in [-0.2, 0) is 12.6 Å². The van der Waals surface area contributed by atoms with Gasteiger partial charge in [0.25, 0.3) is 0 Å². The fourth-order valence-corrected chi connectivity index (χ4v) is 2.50. The summed E-state index contributed by atoms with van der Waals surface area (Å²) in [5.74, 6) is -0.411. The summed E-state index contributed by atoms with van der Waals surface area (Å²) < 4.78 is 43.3. The van der Waals surface area contributed by atoms with Crippen LogP contribution >= 0.6 is 12.6 Å². The van der Waals surface area contributed by atoms with Crippen molar-refractivity contribution in [1.82, 2.24) is 5.16 Å². The average Bonchev–Trinajstić information content (AvgIpc) is 2.88. The van der Waals surface area contributed by atoms with E-state index in [9.17, 15) is 18.0 Å². The second kappa shape index (κ2) is 6.16. The first kappa shape index (κ1) is 16.6. The number of hydrogen-bond donors (Lipinski definition) is 1. The maximum atomic E-state index is 12.8. The van der Waals surface area contributed by atoms with Gasteiger partial charge in [-0.25, -0.2) is 0 Å². The van der Waals surface area contributed by atoms with Crippen molar-refractivity contribution in [2.75, 3.05) is 0 Å². The Hall–Kier alpha value is -1.76. The van der Waals surface area contributed by atoms with E-state index < -0.39 is 17.5 Å². The molecule has 0 fully saturated rings. The third-order valence-corrected chi connectivity index (χ3v) is 3.93. The summed E-state index contributed by atoms with van der Waals surface area (Å²) in [4.78, 5) is 12.3. The molecule has 0 amide bonds. The van der Waals surface area contributed by atoms with E-state index in [1.54, 1.807) is 0 Å². The van der Waals surface area contributed by atoms with Gasteiger partial charge < -0.3 is 4.52 Å². The SMILES string of the molecule is CCCc1nocc1C(=O)c1ccc(C(F)(F)F)c(S)c1C. The van der Waals surface area contributed by atoms with Crippen LogP contribution in [0.4, 0.5) is 13.2 Å². The molecule has 0 unspecified atom stereocenters. The van der Waals surface area contributed by atoms with Crippen LogP contribution in [-0.4, -0.2) is 10.9 Å². The lowest BCUT2D eigenvalue weighted by molar-refractivity contribution is -0.139. The van der Waals surface area contributed by atoms with Crippen molar-refractivity contribution >= 4 is 18.4 Å². The third kappa shape index (κ3) is 3.04. The highest BCUT2D eigenvalue weighted by Crippen LogP contribution is 2.36. The predicted molar refractivity (Wildman–Crippen MR) is 77.4 cm³/mol. The van der Waals surface area contributed by atoms with Gasteiger partial charge in [-0.05, 0) is 25.0 Å². The summed E-state index contributed by atoms with van der Waals surface area (Å²) in [5.41, 5.74) is 0.277. The smallest absolute Gasteiger partial charge is 0.364 e. The van der Waals surface area contributed by atoms with Gasteiger partial charge in [-0.1, -0.05) is 24.6 Å². The zero-order valence-corrected chi connectivity index (χ0v) is 12.9. The minimum atomic E-state index is -4.51. The maximum Gasteiger partial charge on any atom is 0.417 e. The minimum absolute atomic E-state index is 0.165. The second-order valence-corrected chi connectivity index (χ2v) is 5.33. The topological polar surface area (TPSA) is 43.1 Å². The molecule has 0 N–H and O–H groups in total. The first-order valence-electron chi connectivity index (χ1n) is 6.65. The number of nitrogens with zero attached hydrogens (tertiary/aromatic N) is 1. The fraction of sp³-hybridized carbons (Fsp3) is 0.333. The van der Waals surface area contributed by atoms with Crippen molar-refractivity contribution in [2.24, 2.45) is 0 Å². The summed E-state index contributed by atoms with van der Waals surface area (Å²) in [6.45, 7) is 3.37. The van der Waals surface area contributed by atoms with Crippen molar-refractivity contribution in [3.63, 3.8) is 0 Å². The van der Waals surface area contributed by atoms with E-state index in [1.807, 2.05) is 6.92 Å². The molecule has 1 heterocycles. The van der Waals surface area contributed by atoms with Gasteiger partial charge in [0.2, 0.25) is 0 Å². The number of halogens is 3. The first-order chi connectivity index (χ1) is 10.3. The molecule has 2 rings (SSSR count). The van der Waals surface area contributed by atoms with E-state index in [0.717, 1.165) is 12.5 Å². The summed E-state index contributed by atoms with van der Waals surface area (Å²) in [5, 5.41) is 3.77. The predicted octanol–water partition coefficient (Wildman–Crippen LogP) is 4.47. The Labute approximate surface area is 130 Å². The molecule has 0 aliphatic rings. The lowest BCUT2D eigenvalue weighted by atomic mass is 9.96. The van der Waals surface area contributed by atoms with E-state index in [4.69, 9.17) is 4.52 Å². The molecule has 0 bridgehead atoms. The van der Waals surface area contributed by atoms with E-state index in [2.05, 4.69) is 17.8 Å². The van der Waals surface area contributed by atoms with E-state index in [-0.39, 0.29) is 21.6 Å². The van der Waals surface area contributed by atoms with Gasteiger partial charge in [0.1, 0.15) is 6.26 Å². The first-order valence-corrected chi connectivity index (χ1v) is 7.09. The number of aromatic nitrogens is 1. The molecule has 3 nitrogen and oxygen atoms in total. The largest absolute Gasteiger partial charge is 0.417 e. The van der Waals surface area contributed by atoms with Gasteiger partial charge in [0.05, 0.1) is 16.8 Å². The zero-order chi connectivity index (χ0) is 16.5. The van der Waals surface area contributed by atoms with Crippen LogP contribution in [0.5, 0.6) is 0 Å². The van der Waals surface area contributed by atoms with E-state index in [1.165, 1.54) is 19.3 Å². The molecule has 0 atom stereocenters. The third-order valence-electron chi connectivity index (χ3n) is 3.36. The Balaban J connectivity index is 2.47. The highest BCUT2D eigenvalue weighted by molar-refractivity contribution is 7.80. The molecule has 0 aliphatic heterocycles. The molecule has 0 spiro atoms. The molecular weight excluding hydrogens is 315 g/mol. The molecule has 0 saturated carbocycles. The van der Waals surface area contributed by atoms with Crippen LogP contribution in [0.15, 0.2) is 27.8 Å². The summed E-state index contributed by atoms with van der Waals surface area (Å²) in [7, 11) is 0. The summed E-state index contributed by atoms with van der Waals surface area (Å²) in [6.07, 6.45) is -1.95. The Bertz CT molecular complexity index is 707. The standard InChI is InChI=1S/C15H14F3NO2S/c1-3-4-12-10(7-21-19-12)13(20)9-5-6-11(15(16,17)18)14(22)8(9)2/h5-7,22H,3-4H2,1-2H3. The van der Waals surface area contributed by atoms with Crippen LogP contribution in [0, 0.1) is 6.92 Å². The fourth-order valence-electron chi connectivity index (χ4n) is 2.18. The molecule has 0 aliphatic carbocycles. The molecule has 7 heteroatoms. The quantitative estimate of drug-likeness (QED) is 0.664. The zero-order valence-electron chi connectivity index (χ0n) is 12.0. The van der Waals surface area contributed by atoms with Crippen molar-refractivity contribution in [1.29, 1.82) is 0 Å². The highest BCUT2D eigenvalue weighted by atomic mass is 32.1. The molecule has 0 saturated heterocycles. The Morgan fingerprint density at radius 3 is 2.59 bits per heavy atom. The molecular formula is C15H14F3NO2S. The summed E-state index contributed by atoms with van der Waals surface area (Å²) in [6, 6.07) is 2.04.